The third-order valence-electron chi connectivity index (χ3n) is 3.81. The minimum absolute atomic E-state index is 0.0718. The zero-order chi connectivity index (χ0) is 11.1. The first kappa shape index (κ1) is 10.9. The fraction of sp³-hybridized carbons (Fsp3) is 0.917. The Kier molecular flexibility index (Phi) is 2.75. The molecule has 3 nitrogen and oxygen atoms in total. The summed E-state index contributed by atoms with van der Waals surface area (Å²) >= 11 is 0. The first-order valence-electron chi connectivity index (χ1n) is 6.03. The maximum absolute atomic E-state index is 11.7. The van der Waals surface area contributed by atoms with Crippen molar-refractivity contribution in [2.45, 2.75) is 58.0 Å². The van der Waals surface area contributed by atoms with E-state index in [9.17, 15) is 4.79 Å². The van der Waals surface area contributed by atoms with Crippen LogP contribution in [0.5, 0.6) is 0 Å². The summed E-state index contributed by atoms with van der Waals surface area (Å²) in [7, 11) is 0. The molecule has 2 atom stereocenters. The molecule has 2 N–H and O–H groups in total. The van der Waals surface area contributed by atoms with Crippen molar-refractivity contribution >= 4 is 5.91 Å². The number of carbonyl (C=O) groups is 1. The smallest absolute Gasteiger partial charge is 0.224 e. The Morgan fingerprint density at radius 3 is 2.73 bits per heavy atom. The highest BCUT2D eigenvalue weighted by atomic mass is 16.2. The molecule has 2 rings (SSSR count). The van der Waals surface area contributed by atoms with Crippen LogP contribution in [0.3, 0.4) is 0 Å². The molecular formula is C12H22N2O. The van der Waals surface area contributed by atoms with Gasteiger partial charge in [0.05, 0.1) is 0 Å². The molecule has 1 aliphatic heterocycles. The minimum atomic E-state index is 0.0718. The number of likely N-dealkylation sites (tertiary alicyclic amines) is 1. The van der Waals surface area contributed by atoms with Crippen LogP contribution in [0.1, 0.15) is 46.0 Å². The van der Waals surface area contributed by atoms with E-state index >= 15 is 0 Å². The van der Waals surface area contributed by atoms with Gasteiger partial charge in [-0.1, -0.05) is 20.3 Å². The molecule has 0 spiro atoms. The summed E-state index contributed by atoms with van der Waals surface area (Å²) in [6.07, 6.45) is 5.40. The summed E-state index contributed by atoms with van der Waals surface area (Å²) in [5.74, 6) is 0.269. The Balaban J connectivity index is 2.01. The van der Waals surface area contributed by atoms with Gasteiger partial charge in [0.2, 0.25) is 5.91 Å². The summed E-state index contributed by atoms with van der Waals surface area (Å²) < 4.78 is 0. The van der Waals surface area contributed by atoms with Crippen LogP contribution >= 0.6 is 0 Å². The van der Waals surface area contributed by atoms with Gasteiger partial charge in [-0.05, 0) is 24.7 Å². The predicted molar refractivity (Wildman–Crippen MR) is 60.3 cm³/mol. The van der Waals surface area contributed by atoms with E-state index in [0.717, 1.165) is 13.0 Å². The molecule has 2 unspecified atom stereocenters. The van der Waals surface area contributed by atoms with Gasteiger partial charge >= 0.3 is 0 Å². The normalized spacial score (nSPS) is 35.9. The molecule has 0 aromatic rings. The highest BCUT2D eigenvalue weighted by Crippen LogP contribution is 2.38. The van der Waals surface area contributed by atoms with Gasteiger partial charge in [-0.25, -0.2) is 0 Å². The van der Waals surface area contributed by atoms with Gasteiger partial charge in [0, 0.05) is 25.0 Å². The van der Waals surface area contributed by atoms with E-state index in [-0.39, 0.29) is 11.9 Å². The monoisotopic (exact) mass is 210 g/mol. The zero-order valence-corrected chi connectivity index (χ0v) is 9.83. The van der Waals surface area contributed by atoms with Gasteiger partial charge in [-0.2, -0.15) is 0 Å². The highest BCUT2D eigenvalue weighted by molar-refractivity contribution is 5.79. The SMILES string of the molecule is CC1(C)CCCC(N2CC(N)CC2=O)C1. The molecule has 1 saturated carbocycles. The lowest BCUT2D eigenvalue weighted by Gasteiger charge is -2.39. The zero-order valence-electron chi connectivity index (χ0n) is 9.83. The van der Waals surface area contributed by atoms with E-state index in [1.165, 1.54) is 19.3 Å². The Hall–Kier alpha value is -0.570. The molecule has 1 aliphatic carbocycles. The first-order valence-corrected chi connectivity index (χ1v) is 6.03. The first-order chi connectivity index (χ1) is 6.98. The van der Waals surface area contributed by atoms with Gasteiger partial charge in [0.15, 0.2) is 0 Å². The predicted octanol–water partition coefficient (Wildman–Crippen LogP) is 1.51. The lowest BCUT2D eigenvalue weighted by atomic mass is 9.75. The fourth-order valence-electron chi connectivity index (χ4n) is 3.04. The van der Waals surface area contributed by atoms with Crippen LogP contribution in [0.25, 0.3) is 0 Å². The second-order valence-electron chi connectivity index (χ2n) is 5.92. The number of carbonyl (C=O) groups excluding carboxylic acids is 1. The Morgan fingerprint density at radius 2 is 2.20 bits per heavy atom. The number of hydrogen-bond donors (Lipinski definition) is 1. The molecule has 0 aromatic heterocycles. The largest absolute Gasteiger partial charge is 0.338 e. The standard InChI is InChI=1S/C12H22N2O/c1-12(2)5-3-4-10(7-12)14-8-9(13)6-11(14)15/h9-10H,3-8,13H2,1-2H3. The van der Waals surface area contributed by atoms with Crippen LogP contribution in [0.2, 0.25) is 0 Å². The van der Waals surface area contributed by atoms with E-state index in [4.69, 9.17) is 5.73 Å². The third kappa shape index (κ3) is 2.33. The summed E-state index contributed by atoms with van der Waals surface area (Å²) in [6.45, 7) is 5.39. The number of nitrogens with zero attached hydrogens (tertiary/aromatic N) is 1. The average Bonchev–Trinajstić information content (AvgIpc) is 2.43. The van der Waals surface area contributed by atoms with E-state index in [1.807, 2.05) is 4.90 Å². The molecule has 1 saturated heterocycles. The van der Waals surface area contributed by atoms with Crippen molar-refractivity contribution in [2.75, 3.05) is 6.54 Å². The maximum Gasteiger partial charge on any atom is 0.224 e. The van der Waals surface area contributed by atoms with Gasteiger partial charge in [-0.15, -0.1) is 0 Å². The summed E-state index contributed by atoms with van der Waals surface area (Å²) in [5, 5.41) is 0. The quantitative estimate of drug-likeness (QED) is 0.713. The summed E-state index contributed by atoms with van der Waals surface area (Å²) in [4.78, 5) is 13.8. The van der Waals surface area contributed by atoms with Gasteiger partial charge in [-0.3, -0.25) is 4.79 Å². The van der Waals surface area contributed by atoms with E-state index in [2.05, 4.69) is 13.8 Å². The second kappa shape index (κ2) is 3.78. The van der Waals surface area contributed by atoms with Crippen molar-refractivity contribution in [1.29, 1.82) is 0 Å². The number of rotatable bonds is 1. The molecular weight excluding hydrogens is 188 g/mol. The summed E-state index contributed by atoms with van der Waals surface area (Å²) in [5.41, 5.74) is 6.23. The Labute approximate surface area is 92.0 Å². The van der Waals surface area contributed by atoms with E-state index in [1.54, 1.807) is 0 Å². The molecule has 2 aliphatic rings. The van der Waals surface area contributed by atoms with Crippen LogP contribution < -0.4 is 5.73 Å². The van der Waals surface area contributed by atoms with Crippen LogP contribution in [0.4, 0.5) is 0 Å². The molecule has 3 heteroatoms. The van der Waals surface area contributed by atoms with Gasteiger partial charge < -0.3 is 10.6 Å². The van der Waals surface area contributed by atoms with Crippen LogP contribution in [0.15, 0.2) is 0 Å². The lowest BCUT2D eigenvalue weighted by Crippen LogP contribution is -2.42. The number of hydrogen-bond acceptors (Lipinski definition) is 2. The Morgan fingerprint density at radius 1 is 1.47 bits per heavy atom. The number of amides is 1. The van der Waals surface area contributed by atoms with Gasteiger partial charge in [0.1, 0.15) is 0 Å². The highest BCUT2D eigenvalue weighted by Gasteiger charge is 2.37. The summed E-state index contributed by atoms with van der Waals surface area (Å²) in [6, 6.07) is 0.525. The minimum Gasteiger partial charge on any atom is -0.338 e. The molecule has 15 heavy (non-hydrogen) atoms. The van der Waals surface area contributed by atoms with Gasteiger partial charge in [0.25, 0.3) is 0 Å². The van der Waals surface area contributed by atoms with Crippen LogP contribution in [0, 0.1) is 5.41 Å². The number of nitrogens with two attached hydrogens (primary N) is 1. The van der Waals surface area contributed by atoms with Crippen molar-refractivity contribution in [3.8, 4) is 0 Å². The van der Waals surface area contributed by atoms with Crippen molar-refractivity contribution in [3.05, 3.63) is 0 Å². The van der Waals surface area contributed by atoms with E-state index in [0.29, 0.717) is 17.9 Å². The third-order valence-corrected chi connectivity index (χ3v) is 3.81. The fourth-order valence-corrected chi connectivity index (χ4v) is 3.04. The van der Waals surface area contributed by atoms with E-state index < -0.39 is 0 Å². The van der Waals surface area contributed by atoms with Crippen molar-refractivity contribution < 1.29 is 4.79 Å². The van der Waals surface area contributed by atoms with Crippen molar-refractivity contribution in [3.63, 3.8) is 0 Å². The van der Waals surface area contributed by atoms with Crippen molar-refractivity contribution in [1.82, 2.24) is 4.90 Å². The topological polar surface area (TPSA) is 46.3 Å². The lowest BCUT2D eigenvalue weighted by molar-refractivity contribution is -0.130. The molecule has 0 aromatic carbocycles. The van der Waals surface area contributed by atoms with Crippen LogP contribution in [-0.2, 0) is 4.79 Å². The maximum atomic E-state index is 11.7. The van der Waals surface area contributed by atoms with Crippen LogP contribution in [-0.4, -0.2) is 29.4 Å². The van der Waals surface area contributed by atoms with Crippen molar-refractivity contribution in [2.24, 2.45) is 11.1 Å². The molecule has 0 radical (unpaired) electrons. The average molecular weight is 210 g/mol. The Bertz CT molecular complexity index is 262. The second-order valence-corrected chi connectivity index (χ2v) is 5.92. The molecule has 2 fully saturated rings. The molecule has 0 bridgehead atoms. The molecule has 1 amide bonds. The molecule has 1 heterocycles. The molecule has 86 valence electrons.